The number of alkyl halides is 3. The van der Waals surface area contributed by atoms with Crippen LogP contribution in [0.4, 0.5) is 18.9 Å². The highest BCUT2D eigenvalue weighted by Crippen LogP contribution is 2.36. The number of nitrogens with zero attached hydrogens (tertiary/aromatic N) is 1. The number of nitro groups is 1. The maximum atomic E-state index is 12.8. The number of rotatable bonds is 5. The third kappa shape index (κ3) is 4.20. The van der Waals surface area contributed by atoms with Gasteiger partial charge in [-0.05, 0) is 31.5 Å². The molecule has 0 aliphatic carbocycles. The maximum Gasteiger partial charge on any atom is 0.423 e. The largest absolute Gasteiger partial charge is 0.423 e. The van der Waals surface area contributed by atoms with Gasteiger partial charge < -0.3 is 5.32 Å². The lowest BCUT2D eigenvalue weighted by Crippen LogP contribution is -2.27. The molecule has 0 spiro atoms. The molecule has 0 heterocycles. The highest BCUT2D eigenvalue weighted by Gasteiger charge is 2.38. The third-order valence-electron chi connectivity index (χ3n) is 2.66. The van der Waals surface area contributed by atoms with Gasteiger partial charge in [0.1, 0.15) is 5.56 Å². The first-order valence-corrected chi connectivity index (χ1v) is 5.83. The summed E-state index contributed by atoms with van der Waals surface area (Å²) in [6.45, 7) is 4.45. The van der Waals surface area contributed by atoms with Crippen molar-refractivity contribution in [3.63, 3.8) is 0 Å². The van der Waals surface area contributed by atoms with E-state index in [1.165, 1.54) is 6.07 Å². The lowest BCUT2D eigenvalue weighted by Gasteiger charge is -2.14. The first-order chi connectivity index (χ1) is 8.75. The molecule has 1 aromatic carbocycles. The van der Waals surface area contributed by atoms with Crippen LogP contribution in [-0.2, 0) is 12.6 Å². The van der Waals surface area contributed by atoms with Gasteiger partial charge in [-0.2, -0.15) is 13.2 Å². The SMILES string of the molecule is CCNC(C)Cc1ccc([N+](=O)[O-])c(C(F)(F)F)c1. The van der Waals surface area contributed by atoms with Crippen LogP contribution in [0.15, 0.2) is 18.2 Å². The minimum atomic E-state index is -4.72. The van der Waals surface area contributed by atoms with Gasteiger partial charge in [0.25, 0.3) is 5.69 Å². The molecule has 1 atom stereocenters. The Balaban J connectivity index is 3.09. The molecule has 0 aliphatic heterocycles. The van der Waals surface area contributed by atoms with Gasteiger partial charge in [-0.3, -0.25) is 10.1 Å². The summed E-state index contributed by atoms with van der Waals surface area (Å²) in [7, 11) is 0. The van der Waals surface area contributed by atoms with Crippen LogP contribution in [0, 0.1) is 10.1 Å². The van der Waals surface area contributed by atoms with E-state index in [1.807, 2.05) is 13.8 Å². The summed E-state index contributed by atoms with van der Waals surface area (Å²) in [6, 6.07) is 3.14. The molecule has 0 bridgehead atoms. The molecule has 1 unspecified atom stereocenters. The predicted octanol–water partition coefficient (Wildman–Crippen LogP) is 3.15. The molecular formula is C12H15F3N2O2. The average Bonchev–Trinajstić information content (AvgIpc) is 2.27. The van der Waals surface area contributed by atoms with Crippen molar-refractivity contribution in [2.45, 2.75) is 32.5 Å². The normalized spacial score (nSPS) is 13.3. The lowest BCUT2D eigenvalue weighted by atomic mass is 10.0. The van der Waals surface area contributed by atoms with E-state index < -0.39 is 22.4 Å². The molecule has 4 nitrogen and oxygen atoms in total. The Morgan fingerprint density at radius 1 is 1.42 bits per heavy atom. The molecule has 1 rings (SSSR count). The topological polar surface area (TPSA) is 55.2 Å². The second-order valence-electron chi connectivity index (χ2n) is 4.27. The minimum Gasteiger partial charge on any atom is -0.314 e. The predicted molar refractivity (Wildman–Crippen MR) is 64.9 cm³/mol. The quantitative estimate of drug-likeness (QED) is 0.664. The molecule has 0 fully saturated rings. The maximum absolute atomic E-state index is 12.8. The molecule has 1 aromatic rings. The van der Waals surface area contributed by atoms with Crippen LogP contribution >= 0.6 is 0 Å². The van der Waals surface area contributed by atoms with Crippen molar-refractivity contribution >= 4 is 5.69 Å². The fraction of sp³-hybridized carbons (Fsp3) is 0.500. The van der Waals surface area contributed by atoms with E-state index in [0.29, 0.717) is 18.5 Å². The van der Waals surface area contributed by atoms with E-state index in [9.17, 15) is 23.3 Å². The second-order valence-corrected chi connectivity index (χ2v) is 4.27. The van der Waals surface area contributed by atoms with Crippen LogP contribution in [-0.4, -0.2) is 17.5 Å². The summed E-state index contributed by atoms with van der Waals surface area (Å²) < 4.78 is 38.3. The smallest absolute Gasteiger partial charge is 0.314 e. The molecule has 0 aliphatic rings. The number of benzene rings is 1. The monoisotopic (exact) mass is 276 g/mol. The van der Waals surface area contributed by atoms with E-state index in [0.717, 1.165) is 12.1 Å². The Morgan fingerprint density at radius 2 is 2.05 bits per heavy atom. The van der Waals surface area contributed by atoms with Crippen molar-refractivity contribution in [1.29, 1.82) is 0 Å². The zero-order chi connectivity index (χ0) is 14.6. The van der Waals surface area contributed by atoms with Crippen molar-refractivity contribution in [2.24, 2.45) is 0 Å². The van der Waals surface area contributed by atoms with Crippen LogP contribution in [0.5, 0.6) is 0 Å². The molecule has 19 heavy (non-hydrogen) atoms. The van der Waals surface area contributed by atoms with E-state index in [1.54, 1.807) is 0 Å². The van der Waals surface area contributed by atoms with Crippen LogP contribution < -0.4 is 5.32 Å². The van der Waals surface area contributed by atoms with Crippen LogP contribution in [0.25, 0.3) is 0 Å². The van der Waals surface area contributed by atoms with Crippen molar-refractivity contribution in [1.82, 2.24) is 5.32 Å². The van der Waals surface area contributed by atoms with Gasteiger partial charge in [0.2, 0.25) is 0 Å². The second kappa shape index (κ2) is 6.01. The third-order valence-corrected chi connectivity index (χ3v) is 2.66. The van der Waals surface area contributed by atoms with Gasteiger partial charge in [0.15, 0.2) is 0 Å². The summed E-state index contributed by atoms with van der Waals surface area (Å²) in [4.78, 5) is 9.58. The molecule has 106 valence electrons. The Kier molecular flexibility index (Phi) is 4.88. The highest BCUT2D eigenvalue weighted by atomic mass is 19.4. The minimum absolute atomic E-state index is 0.00698. The van der Waals surface area contributed by atoms with Gasteiger partial charge in [-0.1, -0.05) is 13.0 Å². The highest BCUT2D eigenvalue weighted by molar-refractivity contribution is 5.44. The Morgan fingerprint density at radius 3 is 2.53 bits per heavy atom. The zero-order valence-electron chi connectivity index (χ0n) is 10.6. The summed E-state index contributed by atoms with van der Waals surface area (Å²) in [5.74, 6) is 0. The lowest BCUT2D eigenvalue weighted by molar-refractivity contribution is -0.388. The zero-order valence-corrected chi connectivity index (χ0v) is 10.6. The van der Waals surface area contributed by atoms with Gasteiger partial charge >= 0.3 is 6.18 Å². The summed E-state index contributed by atoms with van der Waals surface area (Å²) >= 11 is 0. The molecule has 0 saturated heterocycles. The van der Waals surface area contributed by atoms with E-state index in [2.05, 4.69) is 5.32 Å². The van der Waals surface area contributed by atoms with Crippen molar-refractivity contribution in [3.8, 4) is 0 Å². The van der Waals surface area contributed by atoms with E-state index in [4.69, 9.17) is 0 Å². The molecule has 0 amide bonds. The van der Waals surface area contributed by atoms with Crippen molar-refractivity contribution in [2.75, 3.05) is 6.54 Å². The van der Waals surface area contributed by atoms with Crippen molar-refractivity contribution < 1.29 is 18.1 Å². The van der Waals surface area contributed by atoms with Crippen LogP contribution in [0.1, 0.15) is 25.0 Å². The molecule has 7 heteroatoms. The number of nitrogens with one attached hydrogen (secondary N) is 1. The van der Waals surface area contributed by atoms with E-state index in [-0.39, 0.29) is 6.04 Å². The Hall–Kier alpha value is -1.63. The van der Waals surface area contributed by atoms with Crippen LogP contribution in [0.3, 0.4) is 0 Å². The summed E-state index contributed by atoms with van der Waals surface area (Å²) in [6.07, 6.45) is -4.34. The Labute approximate surface area is 108 Å². The molecule has 1 N–H and O–H groups in total. The van der Waals surface area contributed by atoms with Crippen LogP contribution in [0.2, 0.25) is 0 Å². The Bertz CT molecular complexity index is 461. The summed E-state index contributed by atoms with van der Waals surface area (Å²) in [5.41, 5.74) is -1.68. The molecule has 0 radical (unpaired) electrons. The number of hydrogen-bond donors (Lipinski definition) is 1. The number of likely N-dealkylation sites (N-methyl/N-ethyl adjacent to an activating group) is 1. The average molecular weight is 276 g/mol. The van der Waals surface area contributed by atoms with Gasteiger partial charge in [-0.15, -0.1) is 0 Å². The molecule has 0 aromatic heterocycles. The molecular weight excluding hydrogens is 261 g/mol. The van der Waals surface area contributed by atoms with Crippen molar-refractivity contribution in [3.05, 3.63) is 39.4 Å². The van der Waals surface area contributed by atoms with E-state index >= 15 is 0 Å². The van der Waals surface area contributed by atoms with Gasteiger partial charge in [0, 0.05) is 12.1 Å². The fourth-order valence-corrected chi connectivity index (χ4v) is 1.87. The first-order valence-electron chi connectivity index (χ1n) is 5.83. The number of hydrogen-bond acceptors (Lipinski definition) is 3. The van der Waals surface area contributed by atoms with Gasteiger partial charge in [-0.25, -0.2) is 0 Å². The summed E-state index contributed by atoms with van der Waals surface area (Å²) in [5, 5.41) is 13.7. The number of halogens is 3. The fourth-order valence-electron chi connectivity index (χ4n) is 1.87. The number of nitro benzene ring substituents is 1. The molecule has 0 saturated carbocycles. The standard InChI is InChI=1S/C12H15F3N2O2/c1-3-16-8(2)6-9-4-5-11(17(18)19)10(7-9)12(13,14)15/h4-5,7-8,16H,3,6H2,1-2H3. The van der Waals surface area contributed by atoms with Gasteiger partial charge in [0.05, 0.1) is 4.92 Å². The first kappa shape index (κ1) is 15.4.